The van der Waals surface area contributed by atoms with Crippen LogP contribution in [0.3, 0.4) is 0 Å². The first-order valence-electron chi connectivity index (χ1n) is 4.26. The largest absolute Gasteiger partial charge is 0.507 e. The van der Waals surface area contributed by atoms with Gasteiger partial charge in [0, 0.05) is 5.39 Å². The molecule has 0 fully saturated rings. The van der Waals surface area contributed by atoms with Crippen molar-refractivity contribution in [1.29, 1.82) is 0 Å². The van der Waals surface area contributed by atoms with Gasteiger partial charge in [-0.05, 0) is 11.5 Å². The number of nitrogens with two attached hydrogens (primary N) is 1. The Hall–Kier alpha value is -2.23. The Balaban J connectivity index is 0.000000245. The molecule has 0 unspecified atom stereocenters. The molecule has 0 bridgehead atoms. The van der Waals surface area contributed by atoms with Gasteiger partial charge in [-0.3, -0.25) is 0 Å². The van der Waals surface area contributed by atoms with Gasteiger partial charge < -0.3 is 15.9 Å². The van der Waals surface area contributed by atoms with Crippen molar-refractivity contribution in [3.63, 3.8) is 0 Å². The molecule has 0 atom stereocenters. The van der Waals surface area contributed by atoms with E-state index in [4.69, 9.17) is 9.90 Å². The molecule has 0 aliphatic heterocycles. The second kappa shape index (κ2) is 4.85. The topological polar surface area (TPSA) is 83.6 Å². The van der Waals surface area contributed by atoms with Crippen LogP contribution in [-0.4, -0.2) is 16.3 Å². The van der Waals surface area contributed by atoms with Gasteiger partial charge in [-0.25, -0.2) is 4.79 Å². The van der Waals surface area contributed by atoms with Gasteiger partial charge in [0.15, 0.2) is 0 Å². The van der Waals surface area contributed by atoms with Gasteiger partial charge in [0.25, 0.3) is 0 Å². The fourth-order valence-corrected chi connectivity index (χ4v) is 1.21. The summed E-state index contributed by atoms with van der Waals surface area (Å²) in [6.07, 6.45) is -1.33. The van der Waals surface area contributed by atoms with Crippen LogP contribution in [-0.2, 0) is 0 Å². The molecule has 2 aromatic carbocycles. The lowest BCUT2D eigenvalue weighted by Crippen LogP contribution is -2.03. The lowest BCUT2D eigenvalue weighted by atomic mass is 10.1. The van der Waals surface area contributed by atoms with Crippen LogP contribution in [0, 0.1) is 0 Å². The van der Waals surface area contributed by atoms with Gasteiger partial charge in [-0.1, -0.05) is 36.4 Å². The number of rotatable bonds is 0. The molecule has 2 rings (SSSR count). The van der Waals surface area contributed by atoms with E-state index in [1.807, 2.05) is 36.4 Å². The Morgan fingerprint density at radius 1 is 1.07 bits per heavy atom. The fourth-order valence-electron chi connectivity index (χ4n) is 1.21. The maximum atomic E-state index is 9.37. The molecular formula is C11H11NO3. The summed E-state index contributed by atoms with van der Waals surface area (Å²) in [6.45, 7) is 0. The third-order valence-electron chi connectivity index (χ3n) is 1.77. The van der Waals surface area contributed by atoms with E-state index in [9.17, 15) is 5.11 Å². The molecule has 0 saturated carbocycles. The number of phenols is 1. The van der Waals surface area contributed by atoms with Gasteiger partial charge in [0.1, 0.15) is 5.75 Å². The second-order valence-corrected chi connectivity index (χ2v) is 2.84. The molecule has 78 valence electrons. The van der Waals surface area contributed by atoms with E-state index in [-0.39, 0.29) is 0 Å². The molecule has 0 aromatic heterocycles. The van der Waals surface area contributed by atoms with Crippen molar-refractivity contribution >= 4 is 16.9 Å². The molecule has 0 radical (unpaired) electrons. The SMILES string of the molecule is NC(=O)O.Oc1cccc2ccccc12. The number of benzene rings is 2. The van der Waals surface area contributed by atoms with E-state index < -0.39 is 6.09 Å². The monoisotopic (exact) mass is 205 g/mol. The van der Waals surface area contributed by atoms with Gasteiger partial charge in [0.05, 0.1) is 0 Å². The minimum atomic E-state index is -1.33. The summed E-state index contributed by atoms with van der Waals surface area (Å²) in [5.41, 5.74) is 4.03. The highest BCUT2D eigenvalue weighted by atomic mass is 16.4. The highest BCUT2D eigenvalue weighted by molar-refractivity contribution is 5.87. The smallest absolute Gasteiger partial charge is 0.402 e. The predicted molar refractivity (Wildman–Crippen MR) is 57.8 cm³/mol. The van der Waals surface area contributed by atoms with Crippen LogP contribution in [0.25, 0.3) is 10.8 Å². The molecule has 4 nitrogen and oxygen atoms in total. The highest BCUT2D eigenvalue weighted by Crippen LogP contribution is 2.22. The summed E-state index contributed by atoms with van der Waals surface area (Å²) in [7, 11) is 0. The summed E-state index contributed by atoms with van der Waals surface area (Å²) >= 11 is 0. The van der Waals surface area contributed by atoms with E-state index in [0.29, 0.717) is 5.75 Å². The molecular weight excluding hydrogens is 194 g/mol. The van der Waals surface area contributed by atoms with Crippen LogP contribution in [0.2, 0.25) is 0 Å². The average Bonchev–Trinajstić information content (AvgIpc) is 2.18. The minimum absolute atomic E-state index is 0.350. The maximum Gasteiger partial charge on any atom is 0.402 e. The average molecular weight is 205 g/mol. The zero-order valence-corrected chi connectivity index (χ0v) is 7.92. The number of hydrogen-bond acceptors (Lipinski definition) is 2. The zero-order valence-electron chi connectivity index (χ0n) is 7.92. The predicted octanol–water partition coefficient (Wildman–Crippen LogP) is 2.17. The van der Waals surface area contributed by atoms with Crippen LogP contribution in [0.4, 0.5) is 4.79 Å². The summed E-state index contributed by atoms with van der Waals surface area (Å²) in [6, 6.07) is 13.3. The Morgan fingerprint density at radius 3 is 2.20 bits per heavy atom. The molecule has 0 aliphatic carbocycles. The van der Waals surface area contributed by atoms with E-state index >= 15 is 0 Å². The first-order chi connectivity index (χ1) is 7.11. The first kappa shape index (κ1) is 10.8. The van der Waals surface area contributed by atoms with Crippen molar-refractivity contribution in [3.05, 3.63) is 42.5 Å². The van der Waals surface area contributed by atoms with Crippen LogP contribution in [0.1, 0.15) is 0 Å². The molecule has 0 saturated heterocycles. The van der Waals surface area contributed by atoms with E-state index in [1.54, 1.807) is 6.07 Å². The molecule has 4 N–H and O–H groups in total. The summed E-state index contributed by atoms with van der Waals surface area (Å²) < 4.78 is 0. The van der Waals surface area contributed by atoms with Crippen molar-refractivity contribution in [2.75, 3.05) is 0 Å². The van der Waals surface area contributed by atoms with Crippen molar-refractivity contribution < 1.29 is 15.0 Å². The molecule has 4 heteroatoms. The molecule has 0 aliphatic rings. The van der Waals surface area contributed by atoms with Crippen molar-refractivity contribution in [2.45, 2.75) is 0 Å². The molecule has 1 amide bonds. The summed E-state index contributed by atoms with van der Waals surface area (Å²) in [5.74, 6) is 0.350. The normalized spacial score (nSPS) is 9.07. The summed E-state index contributed by atoms with van der Waals surface area (Å²) in [4.78, 5) is 8.78. The van der Waals surface area contributed by atoms with Crippen LogP contribution < -0.4 is 5.73 Å². The Labute approximate surface area is 86.6 Å². The summed E-state index contributed by atoms with van der Waals surface area (Å²) in [5, 5.41) is 18.6. The molecule has 2 aromatic rings. The number of fused-ring (bicyclic) bond motifs is 1. The standard InChI is InChI=1S/C10H8O.CH3NO2/c11-10-7-3-5-8-4-1-2-6-9(8)10;2-1(3)4/h1-7,11H;2H2,(H,3,4). The van der Waals surface area contributed by atoms with Gasteiger partial charge in [-0.2, -0.15) is 0 Å². The van der Waals surface area contributed by atoms with E-state index in [0.717, 1.165) is 10.8 Å². The van der Waals surface area contributed by atoms with E-state index in [1.165, 1.54) is 0 Å². The number of primary amides is 1. The Bertz CT molecular complexity index is 459. The number of aromatic hydroxyl groups is 1. The van der Waals surface area contributed by atoms with Crippen molar-refractivity contribution in [2.24, 2.45) is 5.73 Å². The molecule has 0 heterocycles. The lowest BCUT2D eigenvalue weighted by Gasteiger charge is -1.97. The molecule has 15 heavy (non-hydrogen) atoms. The molecule has 0 spiro atoms. The third kappa shape index (κ3) is 3.19. The maximum absolute atomic E-state index is 9.37. The van der Waals surface area contributed by atoms with Crippen LogP contribution >= 0.6 is 0 Å². The van der Waals surface area contributed by atoms with Crippen molar-refractivity contribution in [1.82, 2.24) is 0 Å². The zero-order chi connectivity index (χ0) is 11.3. The second-order valence-electron chi connectivity index (χ2n) is 2.84. The third-order valence-corrected chi connectivity index (χ3v) is 1.77. The van der Waals surface area contributed by atoms with Crippen molar-refractivity contribution in [3.8, 4) is 5.75 Å². The quantitative estimate of drug-likeness (QED) is 0.616. The van der Waals surface area contributed by atoms with Gasteiger partial charge >= 0.3 is 6.09 Å². The first-order valence-corrected chi connectivity index (χ1v) is 4.26. The van der Waals surface area contributed by atoms with Gasteiger partial charge in [-0.15, -0.1) is 0 Å². The number of phenolic OH excluding ortho intramolecular Hbond substituents is 1. The van der Waals surface area contributed by atoms with Gasteiger partial charge in [0.2, 0.25) is 0 Å². The minimum Gasteiger partial charge on any atom is -0.507 e. The van der Waals surface area contributed by atoms with E-state index in [2.05, 4.69) is 5.73 Å². The number of hydrogen-bond donors (Lipinski definition) is 3. The number of amides is 1. The number of carboxylic acid groups (broad SMARTS) is 1. The lowest BCUT2D eigenvalue weighted by molar-refractivity contribution is 0.205. The number of carbonyl (C=O) groups is 1. The Morgan fingerprint density at radius 2 is 1.60 bits per heavy atom. The Kier molecular flexibility index (Phi) is 3.51. The van der Waals surface area contributed by atoms with Crippen LogP contribution in [0.15, 0.2) is 42.5 Å². The van der Waals surface area contributed by atoms with Crippen LogP contribution in [0.5, 0.6) is 5.75 Å². The fraction of sp³-hybridized carbons (Fsp3) is 0. The highest BCUT2D eigenvalue weighted by Gasteiger charge is 1.94.